The van der Waals surface area contributed by atoms with Crippen LogP contribution in [0.2, 0.25) is 0 Å². The minimum atomic E-state index is 0.171. The van der Waals surface area contributed by atoms with Gasteiger partial charge in [-0.15, -0.1) is 0 Å². The van der Waals surface area contributed by atoms with E-state index in [1.807, 2.05) is 24.3 Å². The average Bonchev–Trinajstić information content (AvgIpc) is 2.76. The molecule has 2 aliphatic heterocycles. The normalized spacial score (nSPS) is 20.9. The summed E-state index contributed by atoms with van der Waals surface area (Å²) in [6.07, 6.45) is 7.98. The zero-order chi connectivity index (χ0) is 19.6. The van der Waals surface area contributed by atoms with Crippen LogP contribution in [0.4, 0.5) is 0 Å². The summed E-state index contributed by atoms with van der Waals surface area (Å²) < 4.78 is 11.2. The van der Waals surface area contributed by atoms with Gasteiger partial charge in [0.2, 0.25) is 0 Å². The molecule has 0 spiro atoms. The maximum atomic E-state index is 13.1. The Balaban J connectivity index is 1.52. The smallest absolute Gasteiger partial charge is 0.254 e. The zero-order valence-electron chi connectivity index (χ0n) is 17.4. The van der Waals surface area contributed by atoms with Crippen molar-refractivity contribution in [3.63, 3.8) is 0 Å². The van der Waals surface area contributed by atoms with Crippen LogP contribution in [0, 0.1) is 0 Å². The monoisotopic (exact) mass is 388 g/mol. The molecule has 2 fully saturated rings. The summed E-state index contributed by atoms with van der Waals surface area (Å²) >= 11 is 0. The predicted octanol–water partition coefficient (Wildman–Crippen LogP) is 3.97. The van der Waals surface area contributed by atoms with Crippen LogP contribution in [-0.2, 0) is 4.74 Å². The second-order valence-corrected chi connectivity index (χ2v) is 7.97. The molecule has 2 heterocycles. The molecule has 0 aromatic heterocycles. The highest BCUT2D eigenvalue weighted by Crippen LogP contribution is 2.23. The molecular weight excluding hydrogens is 352 g/mol. The van der Waals surface area contributed by atoms with Crippen LogP contribution in [0.3, 0.4) is 0 Å². The Kier molecular flexibility index (Phi) is 8.62. The van der Waals surface area contributed by atoms with E-state index in [9.17, 15) is 4.79 Å². The summed E-state index contributed by atoms with van der Waals surface area (Å²) in [7, 11) is 0. The van der Waals surface area contributed by atoms with Crippen molar-refractivity contribution in [3.8, 4) is 5.75 Å². The lowest BCUT2D eigenvalue weighted by Gasteiger charge is -2.37. The fourth-order valence-electron chi connectivity index (χ4n) is 4.13. The number of hydrogen-bond acceptors (Lipinski definition) is 4. The molecule has 28 heavy (non-hydrogen) atoms. The number of carbonyl (C=O) groups excluding carboxylic acids is 1. The van der Waals surface area contributed by atoms with Crippen molar-refractivity contribution in [2.24, 2.45) is 0 Å². The van der Waals surface area contributed by atoms with E-state index in [1.54, 1.807) is 0 Å². The number of ether oxygens (including phenoxy) is 2. The number of morpholine rings is 1. The van der Waals surface area contributed by atoms with Crippen molar-refractivity contribution in [1.82, 2.24) is 9.80 Å². The van der Waals surface area contributed by atoms with Gasteiger partial charge in [-0.3, -0.25) is 9.69 Å². The lowest BCUT2D eigenvalue weighted by molar-refractivity contribution is 0.0295. The number of likely N-dealkylation sites (tertiary alicyclic amines) is 1. The Labute approximate surface area is 170 Å². The van der Waals surface area contributed by atoms with E-state index < -0.39 is 0 Å². The third kappa shape index (κ3) is 6.21. The number of hydrogen-bond donors (Lipinski definition) is 0. The Hall–Kier alpha value is -1.59. The first kappa shape index (κ1) is 21.1. The minimum Gasteiger partial charge on any atom is -0.494 e. The topological polar surface area (TPSA) is 42.0 Å². The van der Waals surface area contributed by atoms with Crippen molar-refractivity contribution in [1.29, 1.82) is 0 Å². The number of rotatable bonds is 9. The summed E-state index contributed by atoms with van der Waals surface area (Å²) in [5.41, 5.74) is 0.777. The Morgan fingerprint density at radius 3 is 2.64 bits per heavy atom. The van der Waals surface area contributed by atoms with Crippen LogP contribution < -0.4 is 4.74 Å². The van der Waals surface area contributed by atoms with Gasteiger partial charge in [0.15, 0.2) is 0 Å². The summed E-state index contributed by atoms with van der Waals surface area (Å²) in [6, 6.07) is 8.07. The van der Waals surface area contributed by atoms with E-state index in [1.165, 1.54) is 19.3 Å². The van der Waals surface area contributed by atoms with E-state index in [0.717, 1.165) is 83.0 Å². The van der Waals surface area contributed by atoms with E-state index in [0.29, 0.717) is 6.04 Å². The molecule has 0 saturated carbocycles. The lowest BCUT2D eigenvalue weighted by atomic mass is 9.97. The van der Waals surface area contributed by atoms with Crippen LogP contribution in [0.25, 0.3) is 0 Å². The third-order valence-corrected chi connectivity index (χ3v) is 5.89. The Bertz CT molecular complexity index is 584. The molecule has 1 aromatic carbocycles. The van der Waals surface area contributed by atoms with Crippen LogP contribution in [0.5, 0.6) is 5.75 Å². The van der Waals surface area contributed by atoms with E-state index in [2.05, 4.69) is 16.7 Å². The molecule has 0 unspecified atom stereocenters. The van der Waals surface area contributed by atoms with Crippen molar-refractivity contribution < 1.29 is 14.3 Å². The first-order chi connectivity index (χ1) is 13.8. The number of piperidine rings is 1. The number of carbonyl (C=O) groups is 1. The largest absolute Gasteiger partial charge is 0.494 e. The molecule has 2 saturated heterocycles. The second-order valence-electron chi connectivity index (χ2n) is 7.97. The van der Waals surface area contributed by atoms with Gasteiger partial charge in [-0.1, -0.05) is 19.8 Å². The van der Waals surface area contributed by atoms with Crippen molar-refractivity contribution in [2.75, 3.05) is 46.0 Å². The SMILES string of the molecule is CCCCCOc1ccc(C(=O)N2CCCC[C@H]2CCN2CCOCC2)cc1. The highest BCUT2D eigenvalue weighted by Gasteiger charge is 2.28. The Morgan fingerprint density at radius 2 is 1.89 bits per heavy atom. The van der Waals surface area contributed by atoms with E-state index in [-0.39, 0.29) is 5.91 Å². The second kappa shape index (κ2) is 11.4. The fraction of sp³-hybridized carbons (Fsp3) is 0.696. The van der Waals surface area contributed by atoms with Gasteiger partial charge in [0.25, 0.3) is 5.91 Å². The summed E-state index contributed by atoms with van der Waals surface area (Å²) in [6.45, 7) is 8.57. The summed E-state index contributed by atoms with van der Waals surface area (Å²) in [5.74, 6) is 1.03. The molecule has 0 radical (unpaired) electrons. The van der Waals surface area contributed by atoms with Gasteiger partial charge in [-0.2, -0.15) is 0 Å². The summed E-state index contributed by atoms with van der Waals surface area (Å²) in [4.78, 5) is 17.7. The van der Waals surface area contributed by atoms with Gasteiger partial charge in [0.05, 0.1) is 19.8 Å². The van der Waals surface area contributed by atoms with E-state index >= 15 is 0 Å². The quantitative estimate of drug-likeness (QED) is 0.600. The lowest BCUT2D eigenvalue weighted by Crippen LogP contribution is -2.46. The molecule has 5 heteroatoms. The predicted molar refractivity (Wildman–Crippen MR) is 112 cm³/mol. The first-order valence-electron chi connectivity index (χ1n) is 11.1. The van der Waals surface area contributed by atoms with Gasteiger partial charge in [-0.25, -0.2) is 0 Å². The molecule has 5 nitrogen and oxygen atoms in total. The average molecular weight is 389 g/mol. The van der Waals surface area contributed by atoms with Crippen LogP contribution in [0.15, 0.2) is 24.3 Å². The van der Waals surface area contributed by atoms with Crippen LogP contribution in [-0.4, -0.2) is 67.7 Å². The van der Waals surface area contributed by atoms with E-state index in [4.69, 9.17) is 9.47 Å². The van der Waals surface area contributed by atoms with Crippen molar-refractivity contribution in [2.45, 2.75) is 57.9 Å². The molecule has 0 N–H and O–H groups in total. The number of unbranched alkanes of at least 4 members (excludes halogenated alkanes) is 2. The molecule has 1 atom stereocenters. The van der Waals surface area contributed by atoms with Gasteiger partial charge >= 0.3 is 0 Å². The maximum Gasteiger partial charge on any atom is 0.254 e. The molecule has 3 rings (SSSR count). The molecule has 2 aliphatic rings. The maximum absolute atomic E-state index is 13.1. The molecule has 156 valence electrons. The van der Waals surface area contributed by atoms with Gasteiger partial charge in [0.1, 0.15) is 5.75 Å². The van der Waals surface area contributed by atoms with Crippen LogP contribution in [0.1, 0.15) is 62.2 Å². The summed E-state index contributed by atoms with van der Waals surface area (Å²) in [5, 5.41) is 0. The first-order valence-corrected chi connectivity index (χ1v) is 11.1. The van der Waals surface area contributed by atoms with Crippen LogP contribution >= 0.6 is 0 Å². The molecule has 1 amide bonds. The molecule has 0 bridgehead atoms. The van der Waals surface area contributed by atoms with Gasteiger partial charge in [-0.05, 0) is 56.4 Å². The molecule has 1 aromatic rings. The standard InChI is InChI=1S/C23H36N2O3/c1-2-3-6-17-28-22-10-8-20(9-11-22)23(26)25-13-5-4-7-21(25)12-14-24-15-18-27-19-16-24/h8-11,21H,2-7,12-19H2,1H3/t21-/m0/s1. The number of benzene rings is 1. The van der Waals surface area contributed by atoms with Crippen molar-refractivity contribution >= 4 is 5.91 Å². The van der Waals surface area contributed by atoms with Gasteiger partial charge in [0, 0.05) is 37.8 Å². The third-order valence-electron chi connectivity index (χ3n) is 5.89. The molecular formula is C23H36N2O3. The zero-order valence-corrected chi connectivity index (χ0v) is 17.4. The highest BCUT2D eigenvalue weighted by atomic mass is 16.5. The van der Waals surface area contributed by atoms with Crippen molar-refractivity contribution in [3.05, 3.63) is 29.8 Å². The Morgan fingerprint density at radius 1 is 1.11 bits per heavy atom. The molecule has 0 aliphatic carbocycles. The van der Waals surface area contributed by atoms with Gasteiger partial charge < -0.3 is 14.4 Å². The minimum absolute atomic E-state index is 0.171. The highest BCUT2D eigenvalue weighted by molar-refractivity contribution is 5.94. The number of amides is 1. The number of nitrogens with zero attached hydrogens (tertiary/aromatic N) is 2. The fourth-order valence-corrected chi connectivity index (χ4v) is 4.13.